The van der Waals surface area contributed by atoms with E-state index in [2.05, 4.69) is 0 Å². The van der Waals surface area contributed by atoms with Gasteiger partial charge in [0, 0.05) is 16.5 Å². The fourth-order valence-corrected chi connectivity index (χ4v) is 4.11. The number of halogens is 2. The Balaban J connectivity index is 1.76. The number of benzene rings is 2. The molecule has 2 heterocycles. The predicted octanol–water partition coefficient (Wildman–Crippen LogP) is 4.02. The summed E-state index contributed by atoms with van der Waals surface area (Å²) in [5.74, 6) is 0.850. The van der Waals surface area contributed by atoms with Crippen LogP contribution in [0.15, 0.2) is 42.5 Å². The zero-order valence-electron chi connectivity index (χ0n) is 12.9. The van der Waals surface area contributed by atoms with Gasteiger partial charge in [0.15, 0.2) is 0 Å². The average Bonchev–Trinajstić information content (AvgIpc) is 3.00. The van der Waals surface area contributed by atoms with Crippen LogP contribution in [0.2, 0.25) is 10.0 Å². The first-order chi connectivity index (χ1) is 11.7. The van der Waals surface area contributed by atoms with Crippen LogP contribution in [0.3, 0.4) is 0 Å². The Kier molecular flexibility index (Phi) is 4.41. The average molecular weight is 366 g/mol. The van der Waals surface area contributed by atoms with Crippen LogP contribution in [0.5, 0.6) is 5.75 Å². The van der Waals surface area contributed by atoms with Crippen LogP contribution in [-0.4, -0.2) is 30.0 Å². The van der Waals surface area contributed by atoms with Crippen molar-refractivity contribution in [3.05, 3.63) is 63.6 Å². The SMILES string of the molecule is OC[C@@H](c1ccccc1)N1OC[C@H]2COc3cc(Cl)cc(Cl)c3[C@H]21. The summed E-state index contributed by atoms with van der Waals surface area (Å²) in [7, 11) is 0. The number of hydroxylamine groups is 2. The van der Waals surface area contributed by atoms with Gasteiger partial charge in [-0.1, -0.05) is 53.5 Å². The molecule has 1 N–H and O–H groups in total. The number of nitrogens with zero attached hydrogens (tertiary/aromatic N) is 1. The maximum atomic E-state index is 9.98. The first-order valence-corrected chi connectivity index (χ1v) is 8.63. The van der Waals surface area contributed by atoms with E-state index >= 15 is 0 Å². The van der Waals surface area contributed by atoms with E-state index in [4.69, 9.17) is 32.8 Å². The van der Waals surface area contributed by atoms with Gasteiger partial charge >= 0.3 is 0 Å². The van der Waals surface area contributed by atoms with Crippen molar-refractivity contribution in [1.29, 1.82) is 0 Å². The Morgan fingerprint density at radius 3 is 2.71 bits per heavy atom. The molecule has 0 unspecified atom stereocenters. The second kappa shape index (κ2) is 6.54. The second-order valence-electron chi connectivity index (χ2n) is 6.08. The predicted molar refractivity (Wildman–Crippen MR) is 92.2 cm³/mol. The highest BCUT2D eigenvalue weighted by atomic mass is 35.5. The number of aliphatic hydroxyl groups is 1. The molecule has 0 aliphatic carbocycles. The Morgan fingerprint density at radius 1 is 1.17 bits per heavy atom. The minimum Gasteiger partial charge on any atom is -0.493 e. The van der Waals surface area contributed by atoms with Crippen molar-refractivity contribution in [3.63, 3.8) is 0 Å². The molecule has 3 atom stereocenters. The van der Waals surface area contributed by atoms with Crippen molar-refractivity contribution in [2.45, 2.75) is 12.1 Å². The minimum absolute atomic E-state index is 0.0470. The zero-order valence-corrected chi connectivity index (χ0v) is 14.4. The molecule has 2 aromatic rings. The number of rotatable bonds is 3. The van der Waals surface area contributed by atoms with Gasteiger partial charge < -0.3 is 9.84 Å². The molecular formula is C18H17Cl2NO3. The summed E-state index contributed by atoms with van der Waals surface area (Å²) in [6, 6.07) is 13.0. The maximum Gasteiger partial charge on any atom is 0.127 e. The van der Waals surface area contributed by atoms with E-state index in [1.807, 2.05) is 35.4 Å². The lowest BCUT2D eigenvalue weighted by Crippen LogP contribution is -2.35. The number of hydrogen-bond donors (Lipinski definition) is 1. The molecule has 0 amide bonds. The molecule has 4 rings (SSSR count). The van der Waals surface area contributed by atoms with Crippen LogP contribution in [0.25, 0.3) is 0 Å². The Labute approximate surface area is 150 Å². The van der Waals surface area contributed by atoms with E-state index in [1.54, 1.807) is 12.1 Å². The van der Waals surface area contributed by atoms with Crippen LogP contribution >= 0.6 is 23.2 Å². The smallest absolute Gasteiger partial charge is 0.127 e. The molecule has 0 radical (unpaired) electrons. The summed E-state index contributed by atoms with van der Waals surface area (Å²) in [5.41, 5.74) is 1.88. The fourth-order valence-electron chi connectivity index (χ4n) is 3.52. The fraction of sp³-hybridized carbons (Fsp3) is 0.333. The molecule has 1 fully saturated rings. The van der Waals surface area contributed by atoms with Crippen molar-refractivity contribution < 1.29 is 14.7 Å². The van der Waals surface area contributed by atoms with Gasteiger partial charge in [0.25, 0.3) is 0 Å². The Bertz CT molecular complexity index is 741. The lowest BCUT2D eigenvalue weighted by Gasteiger charge is -2.36. The largest absolute Gasteiger partial charge is 0.493 e. The van der Waals surface area contributed by atoms with Gasteiger partial charge in [0.05, 0.1) is 36.9 Å². The highest BCUT2D eigenvalue weighted by Crippen LogP contribution is 2.50. The van der Waals surface area contributed by atoms with Crippen LogP contribution in [0.1, 0.15) is 23.2 Å². The van der Waals surface area contributed by atoms with Gasteiger partial charge in [-0.25, -0.2) is 0 Å². The minimum atomic E-state index is -0.265. The number of fused-ring (bicyclic) bond motifs is 3. The summed E-state index contributed by atoms with van der Waals surface area (Å²) in [5, 5.41) is 13.0. The van der Waals surface area contributed by atoms with Crippen molar-refractivity contribution in [2.75, 3.05) is 19.8 Å². The van der Waals surface area contributed by atoms with Gasteiger partial charge in [0.1, 0.15) is 5.75 Å². The van der Waals surface area contributed by atoms with Gasteiger partial charge in [-0.15, -0.1) is 0 Å². The van der Waals surface area contributed by atoms with E-state index in [0.29, 0.717) is 29.0 Å². The van der Waals surface area contributed by atoms with Gasteiger partial charge in [-0.05, 0) is 17.7 Å². The molecule has 0 aromatic heterocycles. The molecule has 4 nitrogen and oxygen atoms in total. The normalized spacial score (nSPS) is 24.1. The molecule has 2 aliphatic heterocycles. The highest BCUT2D eigenvalue weighted by Gasteiger charge is 2.46. The Hall–Kier alpha value is -1.30. The molecule has 2 aliphatic rings. The number of aliphatic hydroxyl groups excluding tert-OH is 1. The van der Waals surface area contributed by atoms with E-state index in [9.17, 15) is 5.11 Å². The van der Waals surface area contributed by atoms with E-state index in [1.165, 1.54) is 0 Å². The first kappa shape index (κ1) is 16.2. The third-order valence-corrected chi connectivity index (χ3v) is 5.16. The maximum absolute atomic E-state index is 9.98. The highest BCUT2D eigenvalue weighted by molar-refractivity contribution is 6.35. The van der Waals surface area contributed by atoms with E-state index in [0.717, 1.165) is 11.1 Å². The molecular weight excluding hydrogens is 349 g/mol. The van der Waals surface area contributed by atoms with E-state index < -0.39 is 0 Å². The topological polar surface area (TPSA) is 41.9 Å². The zero-order chi connectivity index (χ0) is 16.7. The molecule has 126 valence electrons. The summed E-state index contributed by atoms with van der Waals surface area (Å²) in [6.07, 6.45) is 0. The molecule has 0 spiro atoms. The van der Waals surface area contributed by atoms with Crippen molar-refractivity contribution >= 4 is 23.2 Å². The van der Waals surface area contributed by atoms with Crippen LogP contribution in [0, 0.1) is 5.92 Å². The summed E-state index contributed by atoms with van der Waals surface area (Å²) in [6.45, 7) is 1.03. The van der Waals surface area contributed by atoms with Gasteiger partial charge in [-0.2, -0.15) is 5.06 Å². The number of ether oxygens (including phenoxy) is 1. The molecule has 1 saturated heterocycles. The van der Waals surface area contributed by atoms with Gasteiger partial charge in [0.2, 0.25) is 0 Å². The lowest BCUT2D eigenvalue weighted by atomic mass is 9.90. The van der Waals surface area contributed by atoms with Crippen LogP contribution < -0.4 is 4.74 Å². The molecule has 0 saturated carbocycles. The second-order valence-corrected chi connectivity index (χ2v) is 6.92. The first-order valence-electron chi connectivity index (χ1n) is 7.88. The molecule has 0 bridgehead atoms. The van der Waals surface area contributed by atoms with Crippen LogP contribution in [-0.2, 0) is 4.84 Å². The third-order valence-electron chi connectivity index (χ3n) is 4.63. The quantitative estimate of drug-likeness (QED) is 0.891. The Morgan fingerprint density at radius 2 is 1.96 bits per heavy atom. The molecule has 2 aromatic carbocycles. The monoisotopic (exact) mass is 365 g/mol. The van der Waals surface area contributed by atoms with Crippen molar-refractivity contribution in [1.82, 2.24) is 5.06 Å². The standard InChI is InChI=1S/C18H17Cl2NO3/c19-13-6-14(20)17-16(7-13)23-9-12-10-24-21(18(12)17)15(8-22)11-4-2-1-3-5-11/h1-7,12,15,18,22H,8-10H2/t12-,15+,18+/m1/s1. The van der Waals surface area contributed by atoms with E-state index in [-0.39, 0.29) is 24.6 Å². The lowest BCUT2D eigenvalue weighted by molar-refractivity contribution is -0.175. The van der Waals surface area contributed by atoms with Crippen molar-refractivity contribution in [2.24, 2.45) is 5.92 Å². The van der Waals surface area contributed by atoms with Gasteiger partial charge in [-0.3, -0.25) is 4.84 Å². The van der Waals surface area contributed by atoms with Crippen molar-refractivity contribution in [3.8, 4) is 5.75 Å². The summed E-state index contributed by atoms with van der Waals surface area (Å²) in [4.78, 5) is 5.95. The molecule has 24 heavy (non-hydrogen) atoms. The number of hydrogen-bond acceptors (Lipinski definition) is 4. The molecule has 6 heteroatoms. The summed E-state index contributed by atoms with van der Waals surface area (Å²) >= 11 is 12.6. The van der Waals surface area contributed by atoms with Crippen LogP contribution in [0.4, 0.5) is 0 Å². The summed E-state index contributed by atoms with van der Waals surface area (Å²) < 4.78 is 5.83. The third kappa shape index (κ3) is 2.68.